The molecule has 0 unspecified atom stereocenters. The monoisotopic (exact) mass is 572 g/mol. The Kier molecular flexibility index (Phi) is 7.44. The maximum Gasteiger partial charge on any atom is 0.237 e. The van der Waals surface area contributed by atoms with Gasteiger partial charge in [-0.15, -0.1) is 0 Å². The summed E-state index contributed by atoms with van der Waals surface area (Å²) in [6.07, 6.45) is 5.26. The van der Waals surface area contributed by atoms with Crippen LogP contribution in [0.15, 0.2) is 36.4 Å². The Morgan fingerprint density at radius 3 is 2.46 bits per heavy atom. The normalized spacial score (nSPS) is 32.4. The molecule has 2 fully saturated rings. The van der Waals surface area contributed by atoms with E-state index in [9.17, 15) is 9.59 Å². The standard InChI is InChI=1S/C32H39Cl2FN2O2/c1-18-9-11-19(12-10-18)15-25(38)28-26(21-7-6-8-23(34)27(21)35)32(31(5,37-28)17-30(2,3)4)22-14-13-20(33)16-24(22)36-29(32)39/h6-8,13-14,16,18-19,26,28,37H,9-12,15,17H2,1-5H3,(H,36,39)/t18?,19?,26-,28-,31-,32+/m0/s1. The molecule has 0 radical (unpaired) electrons. The van der Waals surface area contributed by atoms with Crippen molar-refractivity contribution in [2.75, 3.05) is 5.32 Å². The summed E-state index contributed by atoms with van der Waals surface area (Å²) in [6, 6.07) is 9.51. The number of benzene rings is 2. The Morgan fingerprint density at radius 1 is 1.10 bits per heavy atom. The van der Waals surface area contributed by atoms with Gasteiger partial charge in [0.05, 0.1) is 11.1 Å². The van der Waals surface area contributed by atoms with Crippen LogP contribution < -0.4 is 10.6 Å². The van der Waals surface area contributed by atoms with Gasteiger partial charge in [0.2, 0.25) is 5.91 Å². The molecule has 7 heteroatoms. The summed E-state index contributed by atoms with van der Waals surface area (Å²) in [5.41, 5.74) is -0.679. The summed E-state index contributed by atoms with van der Waals surface area (Å²) < 4.78 is 16.0. The number of carbonyl (C=O) groups is 2. The molecule has 4 atom stereocenters. The highest BCUT2D eigenvalue weighted by Crippen LogP contribution is 2.61. The lowest BCUT2D eigenvalue weighted by atomic mass is 9.56. The summed E-state index contributed by atoms with van der Waals surface area (Å²) >= 11 is 12.7. The van der Waals surface area contributed by atoms with E-state index in [0.717, 1.165) is 31.2 Å². The molecule has 4 nitrogen and oxygen atoms in total. The van der Waals surface area contributed by atoms with Gasteiger partial charge in [0, 0.05) is 28.6 Å². The highest BCUT2D eigenvalue weighted by Gasteiger charge is 2.71. The van der Waals surface area contributed by atoms with Crippen molar-refractivity contribution in [2.24, 2.45) is 17.3 Å². The van der Waals surface area contributed by atoms with Crippen LogP contribution in [0.4, 0.5) is 10.1 Å². The third-order valence-electron chi connectivity index (χ3n) is 9.33. The van der Waals surface area contributed by atoms with E-state index in [-0.39, 0.29) is 22.1 Å². The number of fused-ring (bicyclic) bond motifs is 2. The first-order chi connectivity index (χ1) is 18.3. The molecule has 210 valence electrons. The Hall–Kier alpha value is -1.95. The Bertz CT molecular complexity index is 1300. The fourth-order valence-corrected chi connectivity index (χ4v) is 8.29. The van der Waals surface area contributed by atoms with Crippen LogP contribution >= 0.6 is 23.2 Å². The van der Waals surface area contributed by atoms with Gasteiger partial charge in [0.25, 0.3) is 0 Å². The van der Waals surface area contributed by atoms with Gasteiger partial charge in [0.15, 0.2) is 5.78 Å². The van der Waals surface area contributed by atoms with E-state index in [1.54, 1.807) is 24.3 Å². The van der Waals surface area contributed by atoms with E-state index in [1.807, 2.05) is 13.0 Å². The van der Waals surface area contributed by atoms with Crippen LogP contribution in [0.3, 0.4) is 0 Å². The highest BCUT2D eigenvalue weighted by atomic mass is 35.5. The van der Waals surface area contributed by atoms with Crippen molar-refractivity contribution in [2.45, 2.75) is 96.1 Å². The Labute approximate surface area is 241 Å². The molecule has 2 N–H and O–H groups in total. The van der Waals surface area contributed by atoms with Gasteiger partial charge in [0.1, 0.15) is 11.2 Å². The van der Waals surface area contributed by atoms with Gasteiger partial charge in [-0.1, -0.05) is 81.9 Å². The average molecular weight is 574 g/mol. The van der Waals surface area contributed by atoms with Gasteiger partial charge in [-0.05, 0) is 72.8 Å². The zero-order valence-electron chi connectivity index (χ0n) is 23.5. The number of carbonyl (C=O) groups excluding carboxylic acids is 2. The van der Waals surface area contributed by atoms with Crippen molar-refractivity contribution in [3.63, 3.8) is 0 Å². The maximum absolute atomic E-state index is 16.0. The van der Waals surface area contributed by atoms with Crippen molar-refractivity contribution in [1.82, 2.24) is 5.32 Å². The largest absolute Gasteiger partial charge is 0.325 e. The zero-order valence-corrected chi connectivity index (χ0v) is 25.0. The number of nitrogens with one attached hydrogen (secondary N) is 2. The maximum atomic E-state index is 16.0. The van der Waals surface area contributed by atoms with Crippen molar-refractivity contribution >= 4 is 40.6 Å². The number of hydrogen-bond donors (Lipinski definition) is 2. The smallest absolute Gasteiger partial charge is 0.237 e. The van der Waals surface area contributed by atoms with E-state index in [4.69, 9.17) is 23.2 Å². The van der Waals surface area contributed by atoms with E-state index in [1.165, 1.54) is 6.07 Å². The predicted octanol–water partition coefficient (Wildman–Crippen LogP) is 8.06. The molecule has 2 aliphatic heterocycles. The summed E-state index contributed by atoms with van der Waals surface area (Å²) in [6.45, 7) is 10.6. The molecule has 1 amide bonds. The first-order valence-corrected chi connectivity index (χ1v) is 14.9. The summed E-state index contributed by atoms with van der Waals surface area (Å²) in [4.78, 5) is 28.7. The van der Waals surface area contributed by atoms with Gasteiger partial charge in [-0.2, -0.15) is 0 Å². The Morgan fingerprint density at radius 2 is 1.79 bits per heavy atom. The average Bonchev–Trinajstić information content (AvgIpc) is 3.27. The quantitative estimate of drug-likeness (QED) is 0.381. The first kappa shape index (κ1) is 28.6. The lowest BCUT2D eigenvalue weighted by molar-refractivity contribution is -0.124. The summed E-state index contributed by atoms with van der Waals surface area (Å²) in [7, 11) is 0. The number of hydrogen-bond acceptors (Lipinski definition) is 3. The lowest BCUT2D eigenvalue weighted by Gasteiger charge is -2.45. The fourth-order valence-electron chi connectivity index (χ4n) is 7.93. The number of ketones is 1. The molecule has 1 aliphatic carbocycles. The minimum Gasteiger partial charge on any atom is -0.325 e. The van der Waals surface area contributed by atoms with Crippen molar-refractivity contribution < 1.29 is 14.0 Å². The minimum absolute atomic E-state index is 0.0192. The second kappa shape index (κ2) is 10.2. The molecule has 39 heavy (non-hydrogen) atoms. The molecule has 5 rings (SSSR count). The van der Waals surface area contributed by atoms with Crippen LogP contribution in [0.5, 0.6) is 0 Å². The second-order valence-electron chi connectivity index (χ2n) is 13.6. The van der Waals surface area contributed by atoms with E-state index < -0.39 is 28.7 Å². The van der Waals surface area contributed by atoms with Crippen molar-refractivity contribution in [1.29, 1.82) is 0 Å². The number of Topliss-reactive ketones (excluding diaryl/α,β-unsaturated/α-hetero) is 1. The number of anilines is 1. The van der Waals surface area contributed by atoms with Gasteiger partial charge in [-0.25, -0.2) is 4.39 Å². The van der Waals surface area contributed by atoms with Crippen LogP contribution in [-0.2, 0) is 15.0 Å². The highest BCUT2D eigenvalue weighted by molar-refractivity contribution is 6.31. The molecular weight excluding hydrogens is 534 g/mol. The molecular formula is C32H39Cl2FN2O2. The van der Waals surface area contributed by atoms with Gasteiger partial charge < -0.3 is 10.6 Å². The molecule has 2 aromatic rings. The van der Waals surface area contributed by atoms with Crippen LogP contribution in [-0.4, -0.2) is 23.3 Å². The van der Waals surface area contributed by atoms with Crippen molar-refractivity contribution in [3.05, 3.63) is 63.4 Å². The minimum atomic E-state index is -1.26. The van der Waals surface area contributed by atoms with E-state index in [0.29, 0.717) is 41.0 Å². The van der Waals surface area contributed by atoms with Gasteiger partial charge >= 0.3 is 0 Å². The first-order valence-electron chi connectivity index (χ1n) is 14.1. The predicted molar refractivity (Wildman–Crippen MR) is 156 cm³/mol. The van der Waals surface area contributed by atoms with Gasteiger partial charge in [-0.3, -0.25) is 9.59 Å². The molecule has 1 saturated carbocycles. The van der Waals surface area contributed by atoms with E-state index in [2.05, 4.69) is 38.3 Å². The topological polar surface area (TPSA) is 58.2 Å². The number of halogens is 3. The fraction of sp³-hybridized carbons (Fsp3) is 0.562. The zero-order chi connectivity index (χ0) is 28.3. The summed E-state index contributed by atoms with van der Waals surface area (Å²) in [5, 5.41) is 7.22. The second-order valence-corrected chi connectivity index (χ2v) is 14.4. The van der Waals surface area contributed by atoms with Crippen molar-refractivity contribution in [3.8, 4) is 0 Å². The molecule has 0 aromatic heterocycles. The molecule has 1 spiro atoms. The lowest BCUT2D eigenvalue weighted by Crippen LogP contribution is -2.59. The molecule has 2 aromatic carbocycles. The third-order valence-corrected chi connectivity index (χ3v) is 9.86. The molecule has 1 saturated heterocycles. The van der Waals surface area contributed by atoms with Crippen LogP contribution in [0.1, 0.15) is 90.2 Å². The van der Waals surface area contributed by atoms with Crippen LogP contribution in [0.25, 0.3) is 0 Å². The molecule has 2 heterocycles. The van der Waals surface area contributed by atoms with E-state index >= 15 is 4.39 Å². The summed E-state index contributed by atoms with van der Waals surface area (Å²) in [5.74, 6) is -0.602. The number of rotatable bonds is 5. The third kappa shape index (κ3) is 4.83. The SMILES string of the molecule is CC1CCC(CC(=O)[C@@H]2N[C@@](C)(CC(C)(C)C)[C@@]3(C(=O)Nc4cc(Cl)ccc43)[C@H]2c2cccc(Cl)c2F)CC1. The molecule has 3 aliphatic rings. The van der Waals surface area contributed by atoms with Crippen LogP contribution in [0, 0.1) is 23.1 Å². The number of amides is 1. The molecule has 0 bridgehead atoms. The Balaban J connectivity index is 1.72. The van der Waals surface area contributed by atoms with Crippen LogP contribution in [0.2, 0.25) is 10.0 Å².